The van der Waals surface area contributed by atoms with Crippen molar-refractivity contribution in [3.05, 3.63) is 30.1 Å². The quantitative estimate of drug-likeness (QED) is 0.569. The number of hydrogen-bond donors (Lipinski definition) is 2. The highest BCUT2D eigenvalue weighted by atomic mass is 19.1. The van der Waals surface area contributed by atoms with Gasteiger partial charge in [0.05, 0.1) is 13.1 Å². The molecule has 0 saturated heterocycles. The van der Waals surface area contributed by atoms with Crippen LogP contribution in [0.4, 0.5) is 10.1 Å². The lowest BCUT2D eigenvalue weighted by molar-refractivity contribution is -0.115. The molecule has 0 heterocycles. The molecule has 1 aromatic carbocycles. The average Bonchev–Trinajstić information content (AvgIpc) is 2.18. The minimum atomic E-state index is -0.385. The first kappa shape index (κ1) is 11.2. The Morgan fingerprint density at radius 1 is 1.53 bits per heavy atom. The minimum Gasteiger partial charge on any atom is -0.325 e. The summed E-state index contributed by atoms with van der Waals surface area (Å²) in [5.41, 5.74) is 0.433. The van der Waals surface area contributed by atoms with Gasteiger partial charge < -0.3 is 5.32 Å². The summed E-state index contributed by atoms with van der Waals surface area (Å²) in [5.74, 6) is 1.71. The number of halogens is 1. The molecule has 0 radical (unpaired) electrons. The van der Waals surface area contributed by atoms with Gasteiger partial charge in [0.25, 0.3) is 0 Å². The summed E-state index contributed by atoms with van der Waals surface area (Å²) in [6, 6.07) is 5.70. The number of benzene rings is 1. The number of carbonyl (C=O) groups excluding carboxylic acids is 1. The van der Waals surface area contributed by atoms with Gasteiger partial charge in [-0.05, 0) is 18.2 Å². The fourth-order valence-electron chi connectivity index (χ4n) is 1.02. The van der Waals surface area contributed by atoms with Gasteiger partial charge in [0.15, 0.2) is 0 Å². The van der Waals surface area contributed by atoms with Crippen molar-refractivity contribution in [1.82, 2.24) is 5.32 Å². The SMILES string of the molecule is C#CCNCC(=O)Nc1cccc(F)c1. The van der Waals surface area contributed by atoms with Crippen LogP contribution in [0, 0.1) is 18.2 Å². The molecule has 78 valence electrons. The second kappa shape index (κ2) is 5.78. The zero-order chi connectivity index (χ0) is 11.1. The topological polar surface area (TPSA) is 41.1 Å². The highest BCUT2D eigenvalue weighted by Crippen LogP contribution is 2.08. The van der Waals surface area contributed by atoms with Crippen LogP contribution >= 0.6 is 0 Å². The fourth-order valence-corrected chi connectivity index (χ4v) is 1.02. The summed E-state index contributed by atoms with van der Waals surface area (Å²) < 4.78 is 12.7. The van der Waals surface area contributed by atoms with Crippen molar-refractivity contribution in [3.8, 4) is 12.3 Å². The molecule has 1 aromatic rings. The number of anilines is 1. The Hall–Kier alpha value is -1.86. The van der Waals surface area contributed by atoms with Gasteiger partial charge in [-0.3, -0.25) is 10.1 Å². The van der Waals surface area contributed by atoms with Gasteiger partial charge in [-0.15, -0.1) is 6.42 Å². The fraction of sp³-hybridized carbons (Fsp3) is 0.182. The highest BCUT2D eigenvalue weighted by molar-refractivity contribution is 5.92. The summed E-state index contributed by atoms with van der Waals surface area (Å²) in [5, 5.41) is 5.26. The number of terminal acetylenes is 1. The van der Waals surface area contributed by atoms with Crippen molar-refractivity contribution in [1.29, 1.82) is 0 Å². The first-order valence-corrected chi connectivity index (χ1v) is 4.42. The molecule has 0 aromatic heterocycles. The molecule has 1 amide bonds. The summed E-state index contributed by atoms with van der Waals surface area (Å²) >= 11 is 0. The van der Waals surface area contributed by atoms with Crippen molar-refractivity contribution >= 4 is 11.6 Å². The molecule has 0 fully saturated rings. The van der Waals surface area contributed by atoms with E-state index in [-0.39, 0.29) is 18.3 Å². The van der Waals surface area contributed by atoms with E-state index < -0.39 is 0 Å². The van der Waals surface area contributed by atoms with E-state index >= 15 is 0 Å². The van der Waals surface area contributed by atoms with Crippen molar-refractivity contribution in [2.24, 2.45) is 0 Å². The summed E-state index contributed by atoms with van der Waals surface area (Å²) in [6.45, 7) is 0.442. The summed E-state index contributed by atoms with van der Waals surface area (Å²) in [6.07, 6.45) is 4.99. The minimum absolute atomic E-state index is 0.112. The maximum Gasteiger partial charge on any atom is 0.238 e. The van der Waals surface area contributed by atoms with E-state index in [0.717, 1.165) is 0 Å². The van der Waals surface area contributed by atoms with E-state index in [4.69, 9.17) is 6.42 Å². The molecule has 0 unspecified atom stereocenters. The van der Waals surface area contributed by atoms with Crippen LogP contribution in [0.25, 0.3) is 0 Å². The molecule has 0 bridgehead atoms. The molecule has 0 atom stereocenters. The Labute approximate surface area is 87.7 Å². The first-order chi connectivity index (χ1) is 7.22. The van der Waals surface area contributed by atoms with E-state index in [2.05, 4.69) is 16.6 Å². The molecule has 1 rings (SSSR count). The molecule has 15 heavy (non-hydrogen) atoms. The molecule has 2 N–H and O–H groups in total. The molecule has 0 spiro atoms. The molecular formula is C11H11FN2O. The highest BCUT2D eigenvalue weighted by Gasteiger charge is 2.01. The van der Waals surface area contributed by atoms with Gasteiger partial charge in [0, 0.05) is 5.69 Å². The standard InChI is InChI=1S/C11H11FN2O/c1-2-6-13-8-11(15)14-10-5-3-4-9(12)7-10/h1,3-5,7,13H,6,8H2,(H,14,15). The van der Waals surface area contributed by atoms with E-state index in [1.165, 1.54) is 18.2 Å². The third-order valence-electron chi connectivity index (χ3n) is 1.62. The van der Waals surface area contributed by atoms with Crippen LogP contribution in [-0.4, -0.2) is 19.0 Å². The van der Waals surface area contributed by atoms with E-state index in [0.29, 0.717) is 12.2 Å². The molecule has 0 aliphatic heterocycles. The normalized spacial score (nSPS) is 9.33. The second-order valence-corrected chi connectivity index (χ2v) is 2.87. The van der Waals surface area contributed by atoms with Gasteiger partial charge >= 0.3 is 0 Å². The van der Waals surface area contributed by atoms with Crippen molar-refractivity contribution < 1.29 is 9.18 Å². The van der Waals surface area contributed by atoms with Crippen LogP contribution in [0.1, 0.15) is 0 Å². The first-order valence-electron chi connectivity index (χ1n) is 4.42. The predicted molar refractivity (Wildman–Crippen MR) is 56.7 cm³/mol. The van der Waals surface area contributed by atoms with Crippen LogP contribution < -0.4 is 10.6 Å². The average molecular weight is 206 g/mol. The second-order valence-electron chi connectivity index (χ2n) is 2.87. The number of carbonyl (C=O) groups is 1. The van der Waals surface area contributed by atoms with Crippen LogP contribution in [0.2, 0.25) is 0 Å². The molecule has 0 aliphatic carbocycles. The van der Waals surface area contributed by atoms with Crippen molar-refractivity contribution in [3.63, 3.8) is 0 Å². The third-order valence-corrected chi connectivity index (χ3v) is 1.62. The Bertz CT molecular complexity index is 384. The molecule has 3 nitrogen and oxygen atoms in total. The van der Waals surface area contributed by atoms with Gasteiger partial charge in [-0.1, -0.05) is 12.0 Å². The number of rotatable bonds is 4. The van der Waals surface area contributed by atoms with E-state index in [9.17, 15) is 9.18 Å². The van der Waals surface area contributed by atoms with Crippen molar-refractivity contribution in [2.75, 3.05) is 18.4 Å². The van der Waals surface area contributed by atoms with Gasteiger partial charge in [-0.2, -0.15) is 0 Å². The molecule has 4 heteroatoms. The Morgan fingerprint density at radius 3 is 3.00 bits per heavy atom. The lowest BCUT2D eigenvalue weighted by atomic mass is 10.3. The lowest BCUT2D eigenvalue weighted by Gasteiger charge is -2.04. The largest absolute Gasteiger partial charge is 0.325 e. The number of amides is 1. The monoisotopic (exact) mass is 206 g/mol. The molecule has 0 saturated carbocycles. The number of hydrogen-bond acceptors (Lipinski definition) is 2. The lowest BCUT2D eigenvalue weighted by Crippen LogP contribution is -2.28. The maximum atomic E-state index is 12.7. The van der Waals surface area contributed by atoms with Crippen LogP contribution in [0.3, 0.4) is 0 Å². The Balaban J connectivity index is 2.42. The smallest absolute Gasteiger partial charge is 0.238 e. The Morgan fingerprint density at radius 2 is 2.33 bits per heavy atom. The van der Waals surface area contributed by atoms with Crippen LogP contribution in [0.15, 0.2) is 24.3 Å². The predicted octanol–water partition coefficient (Wildman–Crippen LogP) is 0.987. The van der Waals surface area contributed by atoms with Crippen LogP contribution in [-0.2, 0) is 4.79 Å². The maximum absolute atomic E-state index is 12.7. The molecular weight excluding hydrogens is 195 g/mol. The summed E-state index contributed by atoms with van der Waals surface area (Å²) in [4.78, 5) is 11.2. The van der Waals surface area contributed by atoms with E-state index in [1.54, 1.807) is 6.07 Å². The van der Waals surface area contributed by atoms with Gasteiger partial charge in [0.1, 0.15) is 5.82 Å². The Kier molecular flexibility index (Phi) is 4.32. The van der Waals surface area contributed by atoms with Crippen LogP contribution in [0.5, 0.6) is 0 Å². The zero-order valence-corrected chi connectivity index (χ0v) is 8.09. The van der Waals surface area contributed by atoms with Crippen molar-refractivity contribution in [2.45, 2.75) is 0 Å². The number of nitrogens with one attached hydrogen (secondary N) is 2. The zero-order valence-electron chi connectivity index (χ0n) is 8.09. The van der Waals surface area contributed by atoms with E-state index in [1.807, 2.05) is 0 Å². The molecule has 0 aliphatic rings. The third kappa shape index (κ3) is 4.25. The van der Waals surface area contributed by atoms with Gasteiger partial charge in [0.2, 0.25) is 5.91 Å². The summed E-state index contributed by atoms with van der Waals surface area (Å²) in [7, 11) is 0. The van der Waals surface area contributed by atoms with Gasteiger partial charge in [-0.25, -0.2) is 4.39 Å².